The van der Waals surface area contributed by atoms with Gasteiger partial charge in [0.05, 0.1) is 12.6 Å². The summed E-state index contributed by atoms with van der Waals surface area (Å²) in [5, 5.41) is 0. The van der Waals surface area contributed by atoms with Crippen molar-refractivity contribution in [2.75, 3.05) is 13.1 Å². The summed E-state index contributed by atoms with van der Waals surface area (Å²) in [5.41, 5.74) is 2.67. The van der Waals surface area contributed by atoms with Crippen LogP contribution in [0.5, 0.6) is 0 Å². The first-order chi connectivity index (χ1) is 7.86. The van der Waals surface area contributed by atoms with Crippen molar-refractivity contribution in [3.05, 3.63) is 35.4 Å². The summed E-state index contributed by atoms with van der Waals surface area (Å²) in [6.45, 7) is 4.37. The molecule has 2 nitrogen and oxygen atoms in total. The van der Waals surface area contributed by atoms with Gasteiger partial charge in [-0.25, -0.2) is 0 Å². The molecule has 0 aliphatic carbocycles. The predicted octanol–water partition coefficient (Wildman–Crippen LogP) is 2.61. The van der Waals surface area contributed by atoms with Crippen molar-refractivity contribution >= 4 is 5.84 Å². The highest BCUT2D eigenvalue weighted by molar-refractivity contribution is 6.01. The first-order valence-electron chi connectivity index (χ1n) is 6.23. The second kappa shape index (κ2) is 3.93. The Hall–Kier alpha value is -1.31. The summed E-state index contributed by atoms with van der Waals surface area (Å²) < 4.78 is 0. The summed E-state index contributed by atoms with van der Waals surface area (Å²) in [6, 6.07) is 9.27. The zero-order valence-electron chi connectivity index (χ0n) is 9.82. The standard InChI is InChI=1S/C14H18N2/c1-11-6-2-3-8-13(11)14-15-10-12-7-4-5-9-16(12)14/h2-3,6,8,12H,4-5,7,9-10H2,1H3. The van der Waals surface area contributed by atoms with Gasteiger partial charge in [-0.3, -0.25) is 4.99 Å². The van der Waals surface area contributed by atoms with Crippen LogP contribution in [0.15, 0.2) is 29.3 Å². The molecule has 2 aliphatic rings. The minimum absolute atomic E-state index is 0.684. The molecule has 0 radical (unpaired) electrons. The number of hydrogen-bond acceptors (Lipinski definition) is 2. The molecule has 0 bridgehead atoms. The fraction of sp³-hybridized carbons (Fsp3) is 0.500. The van der Waals surface area contributed by atoms with Crippen molar-refractivity contribution in [1.29, 1.82) is 0 Å². The molecule has 2 heterocycles. The molecule has 1 unspecified atom stereocenters. The Morgan fingerprint density at radius 3 is 3.00 bits per heavy atom. The average Bonchev–Trinajstić information content (AvgIpc) is 2.74. The maximum atomic E-state index is 4.75. The van der Waals surface area contributed by atoms with E-state index in [1.807, 2.05) is 0 Å². The molecule has 3 rings (SSSR count). The SMILES string of the molecule is Cc1ccccc1C1=NCC2CCCCN12. The topological polar surface area (TPSA) is 15.6 Å². The van der Waals surface area contributed by atoms with Gasteiger partial charge in [-0.1, -0.05) is 24.3 Å². The van der Waals surface area contributed by atoms with Gasteiger partial charge in [0, 0.05) is 12.1 Å². The third-order valence-electron chi connectivity index (χ3n) is 3.74. The number of rotatable bonds is 1. The predicted molar refractivity (Wildman–Crippen MR) is 66.9 cm³/mol. The van der Waals surface area contributed by atoms with Gasteiger partial charge in [0.15, 0.2) is 0 Å². The number of aryl methyl sites for hydroxylation is 1. The van der Waals surface area contributed by atoms with E-state index in [9.17, 15) is 0 Å². The quantitative estimate of drug-likeness (QED) is 0.701. The van der Waals surface area contributed by atoms with E-state index in [0.29, 0.717) is 6.04 Å². The van der Waals surface area contributed by atoms with Crippen molar-refractivity contribution < 1.29 is 0 Å². The van der Waals surface area contributed by atoms with E-state index < -0.39 is 0 Å². The molecule has 0 spiro atoms. The summed E-state index contributed by atoms with van der Waals surface area (Å²) in [6.07, 6.45) is 4.01. The Morgan fingerprint density at radius 1 is 1.25 bits per heavy atom. The lowest BCUT2D eigenvalue weighted by Crippen LogP contribution is -2.40. The maximum absolute atomic E-state index is 4.75. The fourth-order valence-electron chi connectivity index (χ4n) is 2.82. The van der Waals surface area contributed by atoms with E-state index in [-0.39, 0.29) is 0 Å². The van der Waals surface area contributed by atoms with E-state index in [1.54, 1.807) is 0 Å². The minimum Gasteiger partial charge on any atom is -0.352 e. The van der Waals surface area contributed by atoms with Crippen LogP contribution in [-0.4, -0.2) is 29.9 Å². The normalized spacial score (nSPS) is 24.2. The Kier molecular flexibility index (Phi) is 2.43. The maximum Gasteiger partial charge on any atom is 0.131 e. The molecule has 0 amide bonds. The van der Waals surface area contributed by atoms with E-state index in [4.69, 9.17) is 4.99 Å². The highest BCUT2D eigenvalue weighted by atomic mass is 15.3. The van der Waals surface area contributed by atoms with Crippen LogP contribution in [0.25, 0.3) is 0 Å². The smallest absolute Gasteiger partial charge is 0.131 e. The van der Waals surface area contributed by atoms with Gasteiger partial charge in [-0.05, 0) is 31.7 Å². The number of aliphatic imine (C=N–C) groups is 1. The molecule has 1 aromatic rings. The lowest BCUT2D eigenvalue weighted by atomic mass is 10.0. The molecule has 2 aliphatic heterocycles. The number of amidine groups is 1. The Morgan fingerprint density at radius 2 is 2.12 bits per heavy atom. The number of hydrogen-bond donors (Lipinski definition) is 0. The van der Waals surface area contributed by atoms with Crippen LogP contribution in [0.3, 0.4) is 0 Å². The molecule has 0 N–H and O–H groups in total. The van der Waals surface area contributed by atoms with Crippen LogP contribution < -0.4 is 0 Å². The zero-order valence-corrected chi connectivity index (χ0v) is 9.82. The Balaban J connectivity index is 1.93. The molecule has 0 saturated carbocycles. The van der Waals surface area contributed by atoms with Crippen molar-refractivity contribution in [2.45, 2.75) is 32.2 Å². The number of fused-ring (bicyclic) bond motifs is 1. The minimum atomic E-state index is 0.684. The van der Waals surface area contributed by atoms with Crippen molar-refractivity contribution in [2.24, 2.45) is 4.99 Å². The molecule has 1 aromatic carbocycles. The number of piperidine rings is 1. The van der Waals surface area contributed by atoms with Crippen LogP contribution >= 0.6 is 0 Å². The molecule has 1 atom stereocenters. The van der Waals surface area contributed by atoms with Gasteiger partial charge in [0.1, 0.15) is 5.84 Å². The second-order valence-corrected chi connectivity index (χ2v) is 4.82. The molecule has 1 fully saturated rings. The molecule has 0 aromatic heterocycles. The van der Waals surface area contributed by atoms with Gasteiger partial charge in [-0.15, -0.1) is 0 Å². The first-order valence-corrected chi connectivity index (χ1v) is 6.23. The third kappa shape index (κ3) is 1.53. The highest BCUT2D eigenvalue weighted by Crippen LogP contribution is 2.26. The third-order valence-corrected chi connectivity index (χ3v) is 3.74. The Bertz CT molecular complexity index is 422. The first kappa shape index (κ1) is 9.88. The monoisotopic (exact) mass is 214 g/mol. The second-order valence-electron chi connectivity index (χ2n) is 4.82. The van der Waals surface area contributed by atoms with Crippen LogP contribution in [0.2, 0.25) is 0 Å². The van der Waals surface area contributed by atoms with E-state index in [2.05, 4.69) is 36.1 Å². The molecular formula is C14H18N2. The lowest BCUT2D eigenvalue weighted by Gasteiger charge is -2.32. The highest BCUT2D eigenvalue weighted by Gasteiger charge is 2.30. The van der Waals surface area contributed by atoms with Crippen LogP contribution in [0.1, 0.15) is 30.4 Å². The molecule has 84 valence electrons. The summed E-state index contributed by atoms with van der Waals surface area (Å²) >= 11 is 0. The summed E-state index contributed by atoms with van der Waals surface area (Å²) in [4.78, 5) is 7.27. The number of benzene rings is 1. The van der Waals surface area contributed by atoms with Crippen LogP contribution in [0, 0.1) is 6.92 Å². The van der Waals surface area contributed by atoms with Crippen LogP contribution in [-0.2, 0) is 0 Å². The Labute approximate surface area is 97.0 Å². The van der Waals surface area contributed by atoms with Gasteiger partial charge >= 0.3 is 0 Å². The van der Waals surface area contributed by atoms with Gasteiger partial charge in [-0.2, -0.15) is 0 Å². The van der Waals surface area contributed by atoms with Gasteiger partial charge < -0.3 is 4.90 Å². The van der Waals surface area contributed by atoms with E-state index in [0.717, 1.165) is 6.54 Å². The van der Waals surface area contributed by atoms with E-state index >= 15 is 0 Å². The largest absolute Gasteiger partial charge is 0.352 e. The summed E-state index contributed by atoms with van der Waals surface area (Å²) in [7, 11) is 0. The van der Waals surface area contributed by atoms with Crippen molar-refractivity contribution in [1.82, 2.24) is 4.90 Å². The van der Waals surface area contributed by atoms with Gasteiger partial charge in [0.2, 0.25) is 0 Å². The van der Waals surface area contributed by atoms with Crippen molar-refractivity contribution in [3.8, 4) is 0 Å². The molecule has 16 heavy (non-hydrogen) atoms. The lowest BCUT2D eigenvalue weighted by molar-refractivity contribution is 0.269. The molecule has 1 saturated heterocycles. The van der Waals surface area contributed by atoms with Crippen LogP contribution in [0.4, 0.5) is 0 Å². The zero-order chi connectivity index (χ0) is 11.0. The number of nitrogens with zero attached hydrogens (tertiary/aromatic N) is 2. The van der Waals surface area contributed by atoms with Crippen molar-refractivity contribution in [3.63, 3.8) is 0 Å². The van der Waals surface area contributed by atoms with Gasteiger partial charge in [0.25, 0.3) is 0 Å². The molecule has 2 heteroatoms. The summed E-state index contributed by atoms with van der Waals surface area (Å²) in [5.74, 6) is 1.24. The van der Waals surface area contributed by atoms with E-state index in [1.165, 1.54) is 42.8 Å². The fourth-order valence-corrected chi connectivity index (χ4v) is 2.82. The average molecular weight is 214 g/mol. The molecular weight excluding hydrogens is 196 g/mol.